The molecule has 1 aromatic carbocycles. The van der Waals surface area contributed by atoms with Gasteiger partial charge in [-0.05, 0) is 30.7 Å². The van der Waals surface area contributed by atoms with Gasteiger partial charge in [-0.1, -0.05) is 19.8 Å². The highest BCUT2D eigenvalue weighted by Crippen LogP contribution is 2.22. The highest BCUT2D eigenvalue weighted by Gasteiger charge is 2.38. The van der Waals surface area contributed by atoms with E-state index in [9.17, 15) is 14.4 Å². The molecular weight excluding hydrogens is 338 g/mol. The van der Waals surface area contributed by atoms with Crippen molar-refractivity contribution in [2.24, 2.45) is 0 Å². The van der Waals surface area contributed by atoms with Gasteiger partial charge < -0.3 is 19.5 Å². The van der Waals surface area contributed by atoms with Crippen LogP contribution in [0.5, 0.6) is 0 Å². The first-order chi connectivity index (χ1) is 12.3. The van der Waals surface area contributed by atoms with Crippen molar-refractivity contribution in [2.75, 3.05) is 11.9 Å². The van der Waals surface area contributed by atoms with Gasteiger partial charge >= 0.3 is 17.9 Å². The van der Waals surface area contributed by atoms with Crippen molar-refractivity contribution in [3.63, 3.8) is 0 Å². The molecule has 0 amide bonds. The fourth-order valence-corrected chi connectivity index (χ4v) is 2.24. The third-order valence-corrected chi connectivity index (χ3v) is 3.60. The van der Waals surface area contributed by atoms with Crippen LogP contribution < -0.4 is 5.32 Å². The van der Waals surface area contributed by atoms with Crippen molar-refractivity contribution in [1.82, 2.24) is 0 Å². The minimum atomic E-state index is -1.27. The summed E-state index contributed by atoms with van der Waals surface area (Å²) in [4.78, 5) is 35.6. The van der Waals surface area contributed by atoms with Crippen LogP contribution in [0, 0.1) is 0 Å². The lowest BCUT2D eigenvalue weighted by Crippen LogP contribution is -2.42. The van der Waals surface area contributed by atoms with E-state index in [1.54, 1.807) is 24.3 Å². The number of rotatable bonds is 7. The summed E-state index contributed by atoms with van der Waals surface area (Å²) >= 11 is 0. The Labute approximate surface area is 152 Å². The van der Waals surface area contributed by atoms with Crippen LogP contribution >= 0.6 is 0 Å². The Morgan fingerprint density at radius 2 is 1.73 bits per heavy atom. The van der Waals surface area contributed by atoms with Crippen molar-refractivity contribution >= 4 is 23.6 Å². The summed E-state index contributed by atoms with van der Waals surface area (Å²) in [6.45, 7) is 5.44. The number of ether oxygens (including phenoxy) is 3. The summed E-state index contributed by atoms with van der Waals surface area (Å²) < 4.78 is 15.2. The molecule has 0 aromatic heterocycles. The zero-order valence-corrected chi connectivity index (χ0v) is 15.2. The van der Waals surface area contributed by atoms with E-state index in [1.165, 1.54) is 20.0 Å². The van der Waals surface area contributed by atoms with E-state index in [0.717, 1.165) is 19.3 Å². The number of nitrogens with one attached hydrogen (secondary N) is 1. The molecule has 1 aromatic rings. The molecule has 0 saturated carbocycles. The van der Waals surface area contributed by atoms with Crippen molar-refractivity contribution in [2.45, 2.75) is 45.8 Å². The molecule has 26 heavy (non-hydrogen) atoms. The SMILES string of the molecule is CCCCCOC(=O)c1ccc(NC=C2C(=O)OC(C)(C)OC2=O)cc1. The van der Waals surface area contributed by atoms with Gasteiger partial charge in [-0.15, -0.1) is 0 Å². The van der Waals surface area contributed by atoms with Crippen molar-refractivity contribution in [3.05, 3.63) is 41.6 Å². The molecule has 2 rings (SSSR count). The average molecular weight is 361 g/mol. The molecule has 1 N–H and O–H groups in total. The topological polar surface area (TPSA) is 90.9 Å². The van der Waals surface area contributed by atoms with Gasteiger partial charge in [-0.25, -0.2) is 14.4 Å². The van der Waals surface area contributed by atoms with Crippen LogP contribution in [0.4, 0.5) is 5.69 Å². The summed E-state index contributed by atoms with van der Waals surface area (Å²) in [5.74, 6) is -3.17. The molecule has 7 nitrogen and oxygen atoms in total. The zero-order chi connectivity index (χ0) is 19.2. The van der Waals surface area contributed by atoms with Crippen LogP contribution in [0.2, 0.25) is 0 Å². The quantitative estimate of drug-likeness (QED) is 0.345. The lowest BCUT2D eigenvalue weighted by atomic mass is 10.2. The maximum absolute atomic E-state index is 11.9. The van der Waals surface area contributed by atoms with E-state index in [0.29, 0.717) is 17.9 Å². The fourth-order valence-electron chi connectivity index (χ4n) is 2.24. The monoisotopic (exact) mass is 361 g/mol. The predicted molar refractivity (Wildman–Crippen MR) is 94.2 cm³/mol. The van der Waals surface area contributed by atoms with Gasteiger partial charge in [-0.2, -0.15) is 0 Å². The number of hydrogen-bond donors (Lipinski definition) is 1. The molecule has 1 saturated heterocycles. The summed E-state index contributed by atoms with van der Waals surface area (Å²) in [6.07, 6.45) is 4.15. The molecule has 140 valence electrons. The van der Waals surface area contributed by atoms with Crippen LogP contribution in [-0.4, -0.2) is 30.3 Å². The summed E-state index contributed by atoms with van der Waals surface area (Å²) in [5, 5.41) is 2.81. The van der Waals surface area contributed by atoms with Gasteiger partial charge in [-0.3, -0.25) is 0 Å². The van der Waals surface area contributed by atoms with E-state index < -0.39 is 17.7 Å². The maximum atomic E-state index is 11.9. The second-order valence-electron chi connectivity index (χ2n) is 6.30. The molecule has 0 spiro atoms. The number of unbranched alkanes of at least 4 members (excludes halogenated alkanes) is 2. The number of esters is 3. The molecule has 1 fully saturated rings. The van der Waals surface area contributed by atoms with Gasteiger partial charge in [0.15, 0.2) is 5.57 Å². The molecule has 1 aliphatic rings. The van der Waals surface area contributed by atoms with Crippen LogP contribution in [0.3, 0.4) is 0 Å². The standard InChI is InChI=1S/C19H23NO6/c1-4-5-6-11-24-16(21)13-7-9-14(10-8-13)20-12-15-17(22)25-19(2,3)26-18(15)23/h7-10,12,20H,4-6,11H2,1-3H3. The number of carbonyl (C=O) groups is 3. The Kier molecular flexibility index (Phi) is 6.38. The largest absolute Gasteiger partial charge is 0.462 e. The third kappa shape index (κ3) is 5.34. The van der Waals surface area contributed by atoms with Gasteiger partial charge in [0.25, 0.3) is 5.79 Å². The molecule has 0 aliphatic carbocycles. The highest BCUT2D eigenvalue weighted by molar-refractivity contribution is 6.15. The number of benzene rings is 1. The molecule has 0 atom stereocenters. The third-order valence-electron chi connectivity index (χ3n) is 3.60. The van der Waals surface area contributed by atoms with E-state index in [1.807, 2.05) is 0 Å². The van der Waals surface area contributed by atoms with Gasteiger partial charge in [0.05, 0.1) is 12.2 Å². The minimum absolute atomic E-state index is 0.233. The minimum Gasteiger partial charge on any atom is -0.462 e. The zero-order valence-electron chi connectivity index (χ0n) is 15.2. The first-order valence-electron chi connectivity index (χ1n) is 8.53. The van der Waals surface area contributed by atoms with Crippen LogP contribution in [-0.2, 0) is 23.8 Å². The van der Waals surface area contributed by atoms with Crippen LogP contribution in [0.1, 0.15) is 50.4 Å². The lowest BCUT2D eigenvalue weighted by Gasteiger charge is -2.29. The highest BCUT2D eigenvalue weighted by atomic mass is 16.7. The van der Waals surface area contributed by atoms with Crippen molar-refractivity contribution in [3.8, 4) is 0 Å². The van der Waals surface area contributed by atoms with E-state index >= 15 is 0 Å². The first-order valence-corrected chi connectivity index (χ1v) is 8.53. The Bertz CT molecular complexity index is 683. The Morgan fingerprint density at radius 1 is 1.12 bits per heavy atom. The number of hydrogen-bond acceptors (Lipinski definition) is 7. The normalized spacial score (nSPS) is 15.7. The average Bonchev–Trinajstić information content (AvgIpc) is 2.57. The second-order valence-corrected chi connectivity index (χ2v) is 6.30. The molecule has 1 heterocycles. The maximum Gasteiger partial charge on any atom is 0.350 e. The first kappa shape index (κ1) is 19.5. The molecule has 0 bridgehead atoms. The van der Waals surface area contributed by atoms with E-state index in [2.05, 4.69) is 12.2 Å². The second kappa shape index (κ2) is 8.51. The van der Waals surface area contributed by atoms with Crippen molar-refractivity contribution in [1.29, 1.82) is 0 Å². The number of anilines is 1. The van der Waals surface area contributed by atoms with Gasteiger partial charge in [0.1, 0.15) is 0 Å². The lowest BCUT2D eigenvalue weighted by molar-refractivity contribution is -0.222. The van der Waals surface area contributed by atoms with E-state index in [4.69, 9.17) is 14.2 Å². The predicted octanol–water partition coefficient (Wildman–Crippen LogP) is 3.17. The molecule has 1 aliphatic heterocycles. The molecular formula is C19H23NO6. The smallest absolute Gasteiger partial charge is 0.350 e. The number of carbonyl (C=O) groups excluding carboxylic acids is 3. The van der Waals surface area contributed by atoms with Gasteiger partial charge in [0, 0.05) is 25.7 Å². The Morgan fingerprint density at radius 3 is 2.31 bits per heavy atom. The molecule has 0 radical (unpaired) electrons. The van der Waals surface area contributed by atoms with Crippen molar-refractivity contribution < 1.29 is 28.6 Å². The summed E-state index contributed by atoms with van der Waals surface area (Å²) in [5.41, 5.74) is 0.784. The molecule has 7 heteroatoms. The van der Waals surface area contributed by atoms with E-state index in [-0.39, 0.29) is 11.5 Å². The fraction of sp³-hybridized carbons (Fsp3) is 0.421. The molecule has 0 unspecified atom stereocenters. The summed E-state index contributed by atoms with van der Waals surface area (Å²) in [7, 11) is 0. The summed E-state index contributed by atoms with van der Waals surface area (Å²) in [6, 6.07) is 6.49. The van der Waals surface area contributed by atoms with Crippen LogP contribution in [0.15, 0.2) is 36.0 Å². The Hall–Kier alpha value is -2.83. The van der Waals surface area contributed by atoms with Crippen LogP contribution in [0.25, 0.3) is 0 Å². The number of cyclic esters (lactones) is 2. The Balaban J connectivity index is 1.94. The van der Waals surface area contributed by atoms with Gasteiger partial charge in [0.2, 0.25) is 0 Å².